The lowest BCUT2D eigenvalue weighted by Crippen LogP contribution is -2.52. The third kappa shape index (κ3) is 2.04. The fraction of sp³-hybridized carbons (Fsp3) is 0.556. The molecule has 1 saturated heterocycles. The van der Waals surface area contributed by atoms with Crippen LogP contribution in [0.25, 0.3) is 0 Å². The smallest absolute Gasteiger partial charge is 0.223 e. The van der Waals surface area contributed by atoms with Gasteiger partial charge in [0, 0.05) is 19.3 Å². The average molecular weight is 257 g/mol. The zero-order chi connectivity index (χ0) is 10.1. The Labute approximate surface area is 91.9 Å². The monoisotopic (exact) mass is 256 g/mol. The van der Waals surface area contributed by atoms with Crippen molar-refractivity contribution in [2.45, 2.75) is 13.0 Å². The van der Waals surface area contributed by atoms with E-state index in [4.69, 9.17) is 0 Å². The summed E-state index contributed by atoms with van der Waals surface area (Å²) in [5.74, 6) is 0.726. The molecule has 1 fully saturated rings. The molecule has 4 nitrogen and oxygen atoms in total. The summed E-state index contributed by atoms with van der Waals surface area (Å²) in [6.07, 6.45) is 1.78. The van der Waals surface area contributed by atoms with E-state index in [2.05, 4.69) is 43.2 Å². The van der Waals surface area contributed by atoms with Gasteiger partial charge in [0.15, 0.2) is 0 Å². The highest BCUT2D eigenvalue weighted by Gasteiger charge is 2.23. The van der Waals surface area contributed by atoms with Crippen LogP contribution in [-0.2, 0) is 0 Å². The minimum atomic E-state index is 0.501. The molecule has 14 heavy (non-hydrogen) atoms. The topological polar surface area (TPSA) is 41.1 Å². The van der Waals surface area contributed by atoms with Crippen molar-refractivity contribution in [2.24, 2.45) is 0 Å². The molecule has 2 rings (SSSR count). The van der Waals surface area contributed by atoms with Gasteiger partial charge in [-0.25, -0.2) is 9.97 Å². The standard InChI is InChI=1S/C9H13BrN4/c1-6-8(10)3-11-9(12-6)13-7-4-14(2)5-7/h3,7H,4-5H2,1-2H3,(H,11,12,13). The van der Waals surface area contributed by atoms with Crippen molar-refractivity contribution in [1.29, 1.82) is 0 Å². The molecule has 1 aliphatic rings. The van der Waals surface area contributed by atoms with Crippen LogP contribution >= 0.6 is 15.9 Å². The van der Waals surface area contributed by atoms with Gasteiger partial charge in [-0.3, -0.25) is 0 Å². The molecule has 0 amide bonds. The molecule has 1 aliphatic heterocycles. The molecular formula is C9H13BrN4. The van der Waals surface area contributed by atoms with Crippen LogP contribution in [0.2, 0.25) is 0 Å². The van der Waals surface area contributed by atoms with Crippen molar-refractivity contribution in [3.63, 3.8) is 0 Å². The van der Waals surface area contributed by atoms with Gasteiger partial charge in [-0.15, -0.1) is 0 Å². The van der Waals surface area contributed by atoms with E-state index in [1.165, 1.54) is 0 Å². The van der Waals surface area contributed by atoms with Gasteiger partial charge in [0.05, 0.1) is 16.2 Å². The van der Waals surface area contributed by atoms with Crippen LogP contribution in [0.4, 0.5) is 5.95 Å². The third-order valence-corrected chi connectivity index (χ3v) is 3.10. The van der Waals surface area contributed by atoms with E-state index in [1.54, 1.807) is 6.20 Å². The molecule has 5 heteroatoms. The maximum Gasteiger partial charge on any atom is 0.223 e. The van der Waals surface area contributed by atoms with Crippen molar-refractivity contribution in [2.75, 3.05) is 25.5 Å². The lowest BCUT2D eigenvalue weighted by Gasteiger charge is -2.36. The number of rotatable bonds is 2. The third-order valence-electron chi connectivity index (χ3n) is 2.32. The Hall–Kier alpha value is -0.680. The molecule has 0 spiro atoms. The van der Waals surface area contributed by atoms with Crippen LogP contribution in [0.3, 0.4) is 0 Å². The molecule has 1 N–H and O–H groups in total. The van der Waals surface area contributed by atoms with Crippen molar-refractivity contribution in [3.05, 3.63) is 16.4 Å². The molecule has 0 atom stereocenters. The van der Waals surface area contributed by atoms with Crippen LogP contribution in [0.1, 0.15) is 5.69 Å². The minimum absolute atomic E-state index is 0.501. The zero-order valence-corrected chi connectivity index (χ0v) is 9.87. The number of anilines is 1. The number of hydrogen-bond donors (Lipinski definition) is 1. The first-order chi connectivity index (χ1) is 6.65. The first-order valence-corrected chi connectivity index (χ1v) is 5.38. The summed E-state index contributed by atoms with van der Waals surface area (Å²) in [6.45, 7) is 4.10. The fourth-order valence-electron chi connectivity index (χ4n) is 1.49. The minimum Gasteiger partial charge on any atom is -0.349 e. The van der Waals surface area contributed by atoms with Gasteiger partial charge in [0.1, 0.15) is 0 Å². The van der Waals surface area contributed by atoms with E-state index >= 15 is 0 Å². The quantitative estimate of drug-likeness (QED) is 0.866. The van der Waals surface area contributed by atoms with Crippen molar-refractivity contribution < 1.29 is 0 Å². The summed E-state index contributed by atoms with van der Waals surface area (Å²) in [6, 6.07) is 0.501. The maximum atomic E-state index is 4.33. The first-order valence-electron chi connectivity index (χ1n) is 4.59. The van der Waals surface area contributed by atoms with E-state index in [1.807, 2.05) is 6.92 Å². The largest absolute Gasteiger partial charge is 0.349 e. The zero-order valence-electron chi connectivity index (χ0n) is 8.29. The molecule has 0 saturated carbocycles. The van der Waals surface area contributed by atoms with Crippen LogP contribution in [0.15, 0.2) is 10.7 Å². The molecule has 2 heterocycles. The Balaban J connectivity index is 2.00. The second-order valence-electron chi connectivity index (χ2n) is 3.69. The number of nitrogens with one attached hydrogen (secondary N) is 1. The van der Waals surface area contributed by atoms with Gasteiger partial charge in [-0.05, 0) is 29.9 Å². The number of nitrogens with zero attached hydrogens (tertiary/aromatic N) is 3. The molecule has 0 aliphatic carbocycles. The Morgan fingerprint density at radius 2 is 2.29 bits per heavy atom. The number of halogens is 1. The Kier molecular flexibility index (Phi) is 2.69. The molecule has 0 bridgehead atoms. The summed E-state index contributed by atoms with van der Waals surface area (Å²) in [4.78, 5) is 10.8. The molecule has 76 valence electrons. The molecule has 0 aromatic carbocycles. The Morgan fingerprint density at radius 3 is 2.86 bits per heavy atom. The summed E-state index contributed by atoms with van der Waals surface area (Å²) in [7, 11) is 2.10. The predicted molar refractivity (Wildman–Crippen MR) is 59.4 cm³/mol. The Bertz CT molecular complexity index is 336. The second-order valence-corrected chi connectivity index (χ2v) is 4.54. The van der Waals surface area contributed by atoms with Gasteiger partial charge >= 0.3 is 0 Å². The summed E-state index contributed by atoms with van der Waals surface area (Å²) >= 11 is 3.38. The normalized spacial score (nSPS) is 17.9. The van der Waals surface area contributed by atoms with Crippen molar-refractivity contribution >= 4 is 21.9 Å². The van der Waals surface area contributed by atoms with Gasteiger partial charge < -0.3 is 10.2 Å². The SMILES string of the molecule is Cc1nc(NC2CN(C)C2)ncc1Br. The van der Waals surface area contributed by atoms with Crippen LogP contribution < -0.4 is 5.32 Å². The number of likely N-dealkylation sites (tertiary alicyclic amines) is 1. The van der Waals surface area contributed by atoms with Gasteiger partial charge in [0.25, 0.3) is 0 Å². The van der Waals surface area contributed by atoms with Gasteiger partial charge in [0.2, 0.25) is 5.95 Å². The fourth-order valence-corrected chi connectivity index (χ4v) is 1.69. The van der Waals surface area contributed by atoms with Crippen LogP contribution in [0.5, 0.6) is 0 Å². The molecular weight excluding hydrogens is 244 g/mol. The van der Waals surface area contributed by atoms with Crippen LogP contribution in [-0.4, -0.2) is 41.0 Å². The lowest BCUT2D eigenvalue weighted by atomic mass is 10.1. The summed E-state index contributed by atoms with van der Waals surface area (Å²) < 4.78 is 0.953. The average Bonchev–Trinajstić information content (AvgIpc) is 2.09. The van der Waals surface area contributed by atoms with Crippen LogP contribution in [0, 0.1) is 6.92 Å². The Morgan fingerprint density at radius 1 is 1.57 bits per heavy atom. The molecule has 1 aromatic rings. The highest BCUT2D eigenvalue weighted by molar-refractivity contribution is 9.10. The van der Waals surface area contributed by atoms with Gasteiger partial charge in [-0.2, -0.15) is 0 Å². The first kappa shape index (κ1) is 9.86. The van der Waals surface area contributed by atoms with E-state index in [-0.39, 0.29) is 0 Å². The van der Waals surface area contributed by atoms with Crippen molar-refractivity contribution in [3.8, 4) is 0 Å². The second kappa shape index (κ2) is 3.82. The molecule has 0 radical (unpaired) electrons. The summed E-state index contributed by atoms with van der Waals surface area (Å²) in [5.41, 5.74) is 0.968. The van der Waals surface area contributed by atoms with E-state index in [9.17, 15) is 0 Å². The van der Waals surface area contributed by atoms with Crippen molar-refractivity contribution in [1.82, 2.24) is 14.9 Å². The predicted octanol–water partition coefficient (Wildman–Crippen LogP) is 1.27. The van der Waals surface area contributed by atoms with E-state index in [0.29, 0.717) is 6.04 Å². The maximum absolute atomic E-state index is 4.33. The number of likely N-dealkylation sites (N-methyl/N-ethyl adjacent to an activating group) is 1. The highest BCUT2D eigenvalue weighted by Crippen LogP contribution is 2.15. The molecule has 1 aromatic heterocycles. The highest BCUT2D eigenvalue weighted by atomic mass is 79.9. The number of aryl methyl sites for hydroxylation is 1. The lowest BCUT2D eigenvalue weighted by molar-refractivity contribution is 0.204. The van der Waals surface area contributed by atoms with Gasteiger partial charge in [-0.1, -0.05) is 0 Å². The van der Waals surface area contributed by atoms with E-state index < -0.39 is 0 Å². The summed E-state index contributed by atoms with van der Waals surface area (Å²) in [5, 5.41) is 3.29. The number of aromatic nitrogens is 2. The number of hydrogen-bond acceptors (Lipinski definition) is 4. The molecule has 0 unspecified atom stereocenters. The van der Waals surface area contributed by atoms with E-state index in [0.717, 1.165) is 29.2 Å².